The average molecular weight is 655 g/mol. The molecule has 232 valence electrons. The molecule has 4 aromatic carbocycles. The minimum atomic E-state index is -4.15. The summed E-state index contributed by atoms with van der Waals surface area (Å²) in [4.78, 5) is 16.4. The lowest BCUT2D eigenvalue weighted by atomic mass is 10.1. The summed E-state index contributed by atoms with van der Waals surface area (Å²) in [5, 5.41) is 0. The number of carbonyl (C=O) groups excluding carboxylic acids is 1. The van der Waals surface area contributed by atoms with Gasteiger partial charge in [-0.2, -0.15) is 0 Å². The molecule has 0 unspecified atom stereocenters. The second-order valence-corrected chi connectivity index (χ2v) is 14.8. The Hall–Kier alpha value is -3.84. The van der Waals surface area contributed by atoms with Crippen molar-refractivity contribution >= 4 is 37.5 Å². The highest BCUT2D eigenvalue weighted by molar-refractivity contribution is 7.99. The second-order valence-electron chi connectivity index (χ2n) is 9.97. The minimum absolute atomic E-state index is 0.0491. The van der Waals surface area contributed by atoms with Crippen LogP contribution in [-0.2, 0) is 33.0 Å². The zero-order chi connectivity index (χ0) is 31.7. The van der Waals surface area contributed by atoms with Gasteiger partial charge in [0.05, 0.1) is 24.0 Å². The smallest absolute Gasteiger partial charge is 0.265 e. The van der Waals surface area contributed by atoms with Crippen molar-refractivity contribution in [2.45, 2.75) is 27.8 Å². The Bertz CT molecular complexity index is 1760. The predicted molar refractivity (Wildman–Crippen MR) is 171 cm³/mol. The van der Waals surface area contributed by atoms with Gasteiger partial charge in [-0.05, 0) is 59.7 Å². The molecular formula is C32H34N2O7S3. The van der Waals surface area contributed by atoms with Crippen molar-refractivity contribution in [2.75, 3.05) is 32.8 Å². The fourth-order valence-corrected chi connectivity index (χ4v) is 6.87. The lowest BCUT2D eigenvalue weighted by molar-refractivity contribution is 0.0980. The molecule has 0 aliphatic carbocycles. The molecular weight excluding hydrogens is 621 g/mol. The molecule has 0 aliphatic heterocycles. The average Bonchev–Trinajstić information content (AvgIpc) is 3.01. The molecule has 0 heterocycles. The Morgan fingerprint density at radius 1 is 0.750 bits per heavy atom. The molecule has 0 saturated heterocycles. The normalized spacial score (nSPS) is 11.7. The molecule has 0 bridgehead atoms. The van der Waals surface area contributed by atoms with Gasteiger partial charge in [-0.15, -0.1) is 11.8 Å². The summed E-state index contributed by atoms with van der Waals surface area (Å²) < 4.78 is 62.2. The maximum Gasteiger partial charge on any atom is 0.265 e. The number of ether oxygens (including phenoxy) is 2. The van der Waals surface area contributed by atoms with Crippen molar-refractivity contribution in [3.05, 3.63) is 114 Å². The van der Waals surface area contributed by atoms with Crippen LogP contribution in [0.1, 0.15) is 21.5 Å². The maximum absolute atomic E-state index is 13.0. The van der Waals surface area contributed by atoms with E-state index in [0.29, 0.717) is 24.6 Å². The number of amides is 1. The van der Waals surface area contributed by atoms with Gasteiger partial charge in [0.15, 0.2) is 9.84 Å². The Morgan fingerprint density at radius 3 is 1.77 bits per heavy atom. The fourth-order valence-electron chi connectivity index (χ4n) is 4.33. The minimum Gasteiger partial charge on any atom is -0.497 e. The van der Waals surface area contributed by atoms with Crippen molar-refractivity contribution in [3.63, 3.8) is 0 Å². The number of hydrogen-bond acceptors (Lipinski definition) is 9. The summed E-state index contributed by atoms with van der Waals surface area (Å²) in [7, 11) is -4.57. The molecule has 4 rings (SSSR count). The van der Waals surface area contributed by atoms with E-state index in [4.69, 9.17) is 9.47 Å². The van der Waals surface area contributed by atoms with E-state index in [1.165, 1.54) is 44.7 Å². The quantitative estimate of drug-likeness (QED) is 0.187. The highest BCUT2D eigenvalue weighted by Gasteiger charge is 2.20. The SMILES string of the molecule is COc1cc(OC)cc(C(=O)NS(=O)(=O)c2ccc(CN(CCSc3ccccc3)Cc3ccc(S(C)(=O)=O)cc3)cc2)c1. The lowest BCUT2D eigenvalue weighted by Crippen LogP contribution is -2.30. The summed E-state index contributed by atoms with van der Waals surface area (Å²) in [6, 6.07) is 27.7. The van der Waals surface area contributed by atoms with Crippen LogP contribution in [0.4, 0.5) is 0 Å². The molecule has 4 aromatic rings. The summed E-state index contributed by atoms with van der Waals surface area (Å²) in [6.07, 6.45) is 1.18. The van der Waals surface area contributed by atoms with E-state index < -0.39 is 25.8 Å². The van der Waals surface area contributed by atoms with Crippen LogP contribution in [0.2, 0.25) is 0 Å². The number of methoxy groups -OCH3 is 2. The molecule has 1 N–H and O–H groups in total. The summed E-state index contributed by atoms with van der Waals surface area (Å²) in [5.41, 5.74) is 1.92. The van der Waals surface area contributed by atoms with Crippen molar-refractivity contribution < 1.29 is 31.1 Å². The van der Waals surface area contributed by atoms with Gasteiger partial charge >= 0.3 is 0 Å². The predicted octanol–water partition coefficient (Wildman–Crippen LogP) is 5.02. The zero-order valence-corrected chi connectivity index (χ0v) is 27.0. The monoisotopic (exact) mass is 654 g/mol. The molecule has 0 fully saturated rings. The number of carbonyl (C=O) groups is 1. The Kier molecular flexibility index (Phi) is 11.1. The highest BCUT2D eigenvalue weighted by Crippen LogP contribution is 2.23. The van der Waals surface area contributed by atoms with Crippen LogP contribution in [0.3, 0.4) is 0 Å². The Morgan fingerprint density at radius 2 is 1.27 bits per heavy atom. The summed E-state index contributed by atoms with van der Waals surface area (Å²) in [5.74, 6) is 0.720. The number of hydrogen-bond donors (Lipinski definition) is 1. The highest BCUT2D eigenvalue weighted by atomic mass is 32.2. The van der Waals surface area contributed by atoms with E-state index in [2.05, 4.69) is 21.8 Å². The van der Waals surface area contributed by atoms with Gasteiger partial charge in [0.2, 0.25) is 0 Å². The molecule has 0 saturated carbocycles. The van der Waals surface area contributed by atoms with Crippen molar-refractivity contribution in [3.8, 4) is 11.5 Å². The summed E-state index contributed by atoms with van der Waals surface area (Å²) in [6.45, 7) is 1.83. The van der Waals surface area contributed by atoms with Crippen LogP contribution < -0.4 is 14.2 Å². The third kappa shape index (κ3) is 9.33. The van der Waals surface area contributed by atoms with Gasteiger partial charge in [0.1, 0.15) is 11.5 Å². The van der Waals surface area contributed by atoms with E-state index in [9.17, 15) is 21.6 Å². The lowest BCUT2D eigenvalue weighted by Gasteiger charge is -2.23. The number of nitrogens with one attached hydrogen (secondary N) is 1. The number of rotatable bonds is 14. The molecule has 1 amide bonds. The van der Waals surface area contributed by atoms with Crippen LogP contribution in [0.15, 0.2) is 112 Å². The Balaban J connectivity index is 1.46. The molecule has 0 radical (unpaired) electrons. The molecule has 0 aromatic heterocycles. The van der Waals surface area contributed by atoms with E-state index in [1.807, 2.05) is 30.3 Å². The third-order valence-corrected chi connectivity index (χ3v) is 10.1. The molecule has 0 atom stereocenters. The van der Waals surface area contributed by atoms with Gasteiger partial charge in [-0.3, -0.25) is 9.69 Å². The fraction of sp³-hybridized carbons (Fsp3) is 0.219. The number of benzene rings is 4. The molecule has 9 nitrogen and oxygen atoms in total. The first-order valence-corrected chi connectivity index (χ1v) is 17.9. The first-order valence-electron chi connectivity index (χ1n) is 13.6. The second kappa shape index (κ2) is 14.8. The van der Waals surface area contributed by atoms with E-state index >= 15 is 0 Å². The summed E-state index contributed by atoms with van der Waals surface area (Å²) >= 11 is 1.73. The first kappa shape index (κ1) is 33.1. The van der Waals surface area contributed by atoms with Gasteiger partial charge in [-0.25, -0.2) is 21.6 Å². The van der Waals surface area contributed by atoms with Gasteiger partial charge in [-0.1, -0.05) is 42.5 Å². The van der Waals surface area contributed by atoms with Crippen LogP contribution in [0.25, 0.3) is 0 Å². The molecule has 12 heteroatoms. The van der Waals surface area contributed by atoms with Gasteiger partial charge in [0, 0.05) is 48.2 Å². The largest absolute Gasteiger partial charge is 0.497 e. The number of sulfone groups is 1. The van der Waals surface area contributed by atoms with Crippen LogP contribution >= 0.6 is 11.8 Å². The standard InChI is InChI=1S/C32H34N2O7S3/c1-40-27-19-26(20-28(21-27)41-2)32(35)33-44(38,39)31-15-11-25(12-16-31)23-34(17-18-42-29-7-5-4-6-8-29)22-24-9-13-30(14-10-24)43(3,36)37/h4-16,19-21H,17-18,22-23H2,1-3H3,(H,33,35). The van der Waals surface area contributed by atoms with Crippen molar-refractivity contribution in [1.82, 2.24) is 9.62 Å². The van der Waals surface area contributed by atoms with E-state index in [1.54, 1.807) is 42.1 Å². The Labute approximate surface area is 263 Å². The number of nitrogens with zero attached hydrogens (tertiary/aromatic N) is 1. The number of thioether (sulfide) groups is 1. The van der Waals surface area contributed by atoms with Crippen LogP contribution in [0.5, 0.6) is 11.5 Å². The first-order chi connectivity index (χ1) is 21.0. The van der Waals surface area contributed by atoms with Crippen molar-refractivity contribution in [2.24, 2.45) is 0 Å². The van der Waals surface area contributed by atoms with Crippen molar-refractivity contribution in [1.29, 1.82) is 0 Å². The maximum atomic E-state index is 13.0. The molecule has 44 heavy (non-hydrogen) atoms. The topological polar surface area (TPSA) is 119 Å². The molecule has 0 spiro atoms. The van der Waals surface area contributed by atoms with Crippen LogP contribution in [-0.4, -0.2) is 60.4 Å². The molecule has 0 aliphatic rings. The van der Waals surface area contributed by atoms with Crippen LogP contribution in [0, 0.1) is 0 Å². The van der Waals surface area contributed by atoms with Gasteiger partial charge in [0.25, 0.3) is 15.9 Å². The van der Waals surface area contributed by atoms with Gasteiger partial charge < -0.3 is 9.47 Å². The zero-order valence-electron chi connectivity index (χ0n) is 24.6. The number of sulfonamides is 1. The third-order valence-electron chi connectivity index (χ3n) is 6.66. The van der Waals surface area contributed by atoms with E-state index in [-0.39, 0.29) is 15.4 Å². The van der Waals surface area contributed by atoms with E-state index in [0.717, 1.165) is 28.3 Å².